The molecule has 4 rings (SSSR count). The number of likely N-dealkylation sites (tertiary alicyclic amines) is 1. The van der Waals surface area contributed by atoms with Gasteiger partial charge in [0.2, 0.25) is 5.91 Å². The zero-order chi connectivity index (χ0) is 33.8. The number of carbonyl (C=O) groups is 3. The van der Waals surface area contributed by atoms with Crippen LogP contribution in [0.1, 0.15) is 60.3 Å². The van der Waals surface area contributed by atoms with Crippen molar-refractivity contribution in [3.05, 3.63) is 77.1 Å². The minimum absolute atomic E-state index is 0.0443. The van der Waals surface area contributed by atoms with E-state index in [0.717, 1.165) is 6.07 Å². The highest BCUT2D eigenvalue weighted by molar-refractivity contribution is 7.92. The summed E-state index contributed by atoms with van der Waals surface area (Å²) in [7, 11) is 0.329. The number of sulfone groups is 1. The lowest BCUT2D eigenvalue weighted by Crippen LogP contribution is -2.38. The molecule has 0 aromatic heterocycles. The molecule has 1 aliphatic rings. The molecule has 3 aromatic rings. The Morgan fingerprint density at radius 2 is 1.65 bits per heavy atom. The third-order valence-corrected chi connectivity index (χ3v) is 10.0. The van der Waals surface area contributed by atoms with Crippen molar-refractivity contribution < 1.29 is 41.4 Å². The predicted octanol–water partition coefficient (Wildman–Crippen LogP) is 4.82. The number of hydrogen-bond donors (Lipinski definition) is 3. The first-order valence-corrected chi connectivity index (χ1v) is 16.0. The molecule has 1 aliphatic heterocycles. The summed E-state index contributed by atoms with van der Waals surface area (Å²) in [5, 5.41) is 4.92. The Morgan fingerprint density at radius 3 is 2.28 bits per heavy atom. The van der Waals surface area contributed by atoms with Gasteiger partial charge in [0.05, 0.1) is 43.1 Å². The molecule has 1 saturated heterocycles. The highest BCUT2D eigenvalue weighted by Crippen LogP contribution is 2.41. The Kier molecular flexibility index (Phi) is 10.4. The summed E-state index contributed by atoms with van der Waals surface area (Å²) >= 11 is 0. The van der Waals surface area contributed by atoms with Crippen LogP contribution >= 0.6 is 0 Å². The summed E-state index contributed by atoms with van der Waals surface area (Å²) in [6.07, 6.45) is 0.264. The first kappa shape index (κ1) is 34.0. The highest BCUT2D eigenvalue weighted by Gasteiger charge is 2.38. The van der Waals surface area contributed by atoms with Crippen LogP contribution in [0.25, 0.3) is 0 Å². The van der Waals surface area contributed by atoms with E-state index in [1.807, 2.05) is 0 Å². The topological polar surface area (TPSA) is 166 Å². The van der Waals surface area contributed by atoms with Gasteiger partial charge in [-0.05, 0) is 86.3 Å². The van der Waals surface area contributed by atoms with Crippen molar-refractivity contribution in [2.24, 2.45) is 5.73 Å². The smallest absolute Gasteiger partial charge is 0.411 e. The molecular weight excluding hydrogens is 619 g/mol. The maximum atomic E-state index is 14.6. The third-order valence-electron chi connectivity index (χ3n) is 7.79. The number of halogens is 1. The maximum absolute atomic E-state index is 14.6. The van der Waals surface area contributed by atoms with E-state index in [-0.39, 0.29) is 16.1 Å². The fourth-order valence-electron chi connectivity index (χ4n) is 5.38. The molecule has 14 heteroatoms. The van der Waals surface area contributed by atoms with Crippen LogP contribution in [0.5, 0.6) is 11.5 Å². The maximum Gasteiger partial charge on any atom is 0.411 e. The van der Waals surface area contributed by atoms with E-state index in [1.54, 1.807) is 43.0 Å². The molecule has 0 spiro atoms. The number of carbonyl (C=O) groups excluding carboxylic acids is 3. The van der Waals surface area contributed by atoms with Gasteiger partial charge >= 0.3 is 6.09 Å². The molecule has 1 unspecified atom stereocenters. The van der Waals surface area contributed by atoms with E-state index in [2.05, 4.69) is 10.6 Å². The molecule has 1 heterocycles. The molecule has 0 saturated carbocycles. The second kappa shape index (κ2) is 14.1. The summed E-state index contributed by atoms with van der Waals surface area (Å²) in [5.74, 6) is -1.45. The van der Waals surface area contributed by atoms with Gasteiger partial charge in [0.1, 0.15) is 11.9 Å². The second-order valence-electron chi connectivity index (χ2n) is 10.9. The molecule has 3 amide bonds. The van der Waals surface area contributed by atoms with Crippen LogP contribution in [0, 0.1) is 5.82 Å². The normalized spacial score (nSPS) is 15.3. The van der Waals surface area contributed by atoms with Crippen molar-refractivity contribution in [2.45, 2.75) is 48.9 Å². The van der Waals surface area contributed by atoms with Crippen LogP contribution < -0.4 is 25.8 Å². The summed E-state index contributed by atoms with van der Waals surface area (Å²) in [6.45, 7) is 3.43. The summed E-state index contributed by atoms with van der Waals surface area (Å²) < 4.78 is 56.8. The van der Waals surface area contributed by atoms with E-state index in [0.29, 0.717) is 47.7 Å². The molecule has 2 atom stereocenters. The van der Waals surface area contributed by atoms with Gasteiger partial charge in [0.25, 0.3) is 5.91 Å². The lowest BCUT2D eigenvalue weighted by molar-refractivity contribution is -0.133. The Hall–Kier alpha value is -4.85. The highest BCUT2D eigenvalue weighted by atomic mass is 32.2. The van der Waals surface area contributed by atoms with Crippen LogP contribution in [0.2, 0.25) is 0 Å². The summed E-state index contributed by atoms with van der Waals surface area (Å²) in [6, 6.07) is 11.2. The zero-order valence-electron chi connectivity index (χ0n) is 26.1. The quantitative estimate of drug-likeness (QED) is 0.262. The number of nitrogens with two attached hydrogens (primary N) is 1. The summed E-state index contributed by atoms with van der Waals surface area (Å²) in [5.41, 5.74) is 6.34. The summed E-state index contributed by atoms with van der Waals surface area (Å²) in [4.78, 5) is 40.0. The van der Waals surface area contributed by atoms with E-state index in [9.17, 15) is 27.2 Å². The second-order valence-corrected chi connectivity index (χ2v) is 13.4. The van der Waals surface area contributed by atoms with E-state index in [4.69, 9.17) is 19.9 Å². The Morgan fingerprint density at radius 1 is 0.957 bits per heavy atom. The van der Waals surface area contributed by atoms with Crippen LogP contribution in [0.3, 0.4) is 0 Å². The van der Waals surface area contributed by atoms with Gasteiger partial charge in [-0.1, -0.05) is 6.07 Å². The number of benzene rings is 3. The Balaban J connectivity index is 1.84. The number of amides is 3. The fraction of sp³-hybridized carbons (Fsp3) is 0.344. The fourth-order valence-corrected chi connectivity index (χ4v) is 6.67. The molecule has 0 radical (unpaired) electrons. The average Bonchev–Trinajstić information content (AvgIpc) is 3.53. The third kappa shape index (κ3) is 7.01. The SMILES string of the molecule is COC(=O)Nc1ccc(S(=O)(=O)C(C)C)c(C2CCCN2C(=O)[C@H](Nc2ccc(F)c(C(N)=O)c2)c2ccc(OC)c(OC)c2)c1. The number of nitrogens with zero attached hydrogens (tertiary/aromatic N) is 1. The minimum atomic E-state index is -3.81. The standard InChI is InChI=1S/C32H37FN4O8S/c1-18(2)46(41,42)28-13-10-21(36-32(40)45-5)17-23(28)25-7-6-14-37(25)31(39)29(19-8-12-26(43-3)27(15-19)44-4)35-20-9-11-24(33)22(16-20)30(34)38/h8-13,15-18,25,29,35H,6-7,14H2,1-5H3,(H2,34,38)(H,36,40)/t25?,29-/m1/s1. The molecule has 0 bridgehead atoms. The van der Waals surface area contributed by atoms with Crippen molar-refractivity contribution >= 4 is 39.1 Å². The first-order valence-electron chi connectivity index (χ1n) is 14.4. The molecule has 46 heavy (non-hydrogen) atoms. The first-order chi connectivity index (χ1) is 21.8. The van der Waals surface area contributed by atoms with Gasteiger partial charge in [0.15, 0.2) is 21.3 Å². The molecular formula is C32H37FN4O8S. The molecule has 4 N–H and O–H groups in total. The number of rotatable bonds is 11. The molecule has 246 valence electrons. The molecule has 12 nitrogen and oxygen atoms in total. The molecule has 0 aliphatic carbocycles. The number of nitrogens with one attached hydrogen (secondary N) is 2. The van der Waals surface area contributed by atoms with Crippen LogP contribution in [-0.2, 0) is 19.4 Å². The minimum Gasteiger partial charge on any atom is -0.493 e. The van der Waals surface area contributed by atoms with Gasteiger partial charge in [0, 0.05) is 17.9 Å². The average molecular weight is 657 g/mol. The van der Waals surface area contributed by atoms with Crippen LogP contribution in [0.15, 0.2) is 59.5 Å². The monoisotopic (exact) mass is 656 g/mol. The molecule has 3 aromatic carbocycles. The van der Waals surface area contributed by atoms with Crippen LogP contribution in [-0.4, -0.2) is 64.3 Å². The predicted molar refractivity (Wildman–Crippen MR) is 169 cm³/mol. The number of primary amides is 1. The van der Waals surface area contributed by atoms with Crippen LogP contribution in [0.4, 0.5) is 20.6 Å². The lowest BCUT2D eigenvalue weighted by Gasteiger charge is -2.32. The van der Waals surface area contributed by atoms with Gasteiger partial charge in [-0.25, -0.2) is 17.6 Å². The van der Waals surface area contributed by atoms with Crippen molar-refractivity contribution in [1.29, 1.82) is 0 Å². The number of methoxy groups -OCH3 is 3. The van der Waals surface area contributed by atoms with Gasteiger partial charge in [-0.2, -0.15) is 0 Å². The zero-order valence-corrected chi connectivity index (χ0v) is 26.9. The molecule has 1 fully saturated rings. The number of hydrogen-bond acceptors (Lipinski definition) is 9. The van der Waals surface area contributed by atoms with Crippen molar-refractivity contribution in [2.75, 3.05) is 38.5 Å². The Labute approximate surface area is 266 Å². The Bertz CT molecular complexity index is 1750. The van der Waals surface area contributed by atoms with E-state index in [1.165, 1.54) is 45.6 Å². The number of anilines is 2. The van der Waals surface area contributed by atoms with Crippen molar-refractivity contribution in [3.63, 3.8) is 0 Å². The van der Waals surface area contributed by atoms with E-state index < -0.39 is 50.9 Å². The lowest BCUT2D eigenvalue weighted by atomic mass is 10.0. The van der Waals surface area contributed by atoms with Gasteiger partial charge in [-0.3, -0.25) is 14.9 Å². The van der Waals surface area contributed by atoms with Gasteiger partial charge < -0.3 is 30.2 Å². The van der Waals surface area contributed by atoms with E-state index >= 15 is 0 Å². The van der Waals surface area contributed by atoms with Gasteiger partial charge in [-0.15, -0.1) is 0 Å². The largest absolute Gasteiger partial charge is 0.493 e. The van der Waals surface area contributed by atoms with Crippen molar-refractivity contribution in [3.8, 4) is 11.5 Å². The van der Waals surface area contributed by atoms with Crippen molar-refractivity contribution in [1.82, 2.24) is 4.90 Å². The number of ether oxygens (including phenoxy) is 3.